The Morgan fingerprint density at radius 3 is 1.90 bits per heavy atom. The van der Waals surface area contributed by atoms with Gasteiger partial charge in [-0.15, -0.1) is 0 Å². The van der Waals surface area contributed by atoms with Crippen LogP contribution >= 0.6 is 0 Å². The van der Waals surface area contributed by atoms with Crippen LogP contribution in [0.25, 0.3) is 0 Å². The van der Waals surface area contributed by atoms with Gasteiger partial charge in [0.2, 0.25) is 0 Å². The van der Waals surface area contributed by atoms with Gasteiger partial charge >= 0.3 is 0 Å². The Morgan fingerprint density at radius 1 is 0.800 bits per heavy atom. The molecule has 0 unspecified atom stereocenters. The minimum atomic E-state index is -0.312. The number of rotatable bonds is 4. The molecule has 1 aliphatic heterocycles. The Balaban J connectivity index is 1.77. The van der Waals surface area contributed by atoms with E-state index < -0.39 is 0 Å². The minimum absolute atomic E-state index is 0.103. The predicted octanol–water partition coefficient (Wildman–Crippen LogP) is 6.14. The van der Waals surface area contributed by atoms with Crippen molar-refractivity contribution >= 4 is 17.3 Å². The molecule has 0 fully saturated rings. The topological polar surface area (TPSA) is 32.3 Å². The molecular weight excluding hydrogens is 375 g/mol. The molecule has 4 heteroatoms. The summed E-state index contributed by atoms with van der Waals surface area (Å²) in [4.78, 5) is 15.3. The highest BCUT2D eigenvalue weighted by Gasteiger charge is 2.35. The van der Waals surface area contributed by atoms with Crippen LogP contribution in [-0.2, 0) is 4.79 Å². The molecule has 3 aromatic carbocycles. The van der Waals surface area contributed by atoms with Crippen LogP contribution < -0.4 is 10.2 Å². The molecular formula is C26H25FN2O. The second kappa shape index (κ2) is 7.79. The average molecular weight is 400 g/mol. The van der Waals surface area contributed by atoms with E-state index in [1.165, 1.54) is 12.1 Å². The Morgan fingerprint density at radius 2 is 1.33 bits per heavy atom. The van der Waals surface area contributed by atoms with Gasteiger partial charge in [0.25, 0.3) is 5.91 Å². The van der Waals surface area contributed by atoms with Gasteiger partial charge in [-0.1, -0.05) is 24.3 Å². The van der Waals surface area contributed by atoms with Gasteiger partial charge in [0, 0.05) is 11.4 Å². The second-order valence-corrected chi connectivity index (χ2v) is 8.10. The molecule has 1 heterocycles. The third-order valence-electron chi connectivity index (χ3n) is 5.25. The highest BCUT2D eigenvalue weighted by atomic mass is 19.1. The Kier molecular flexibility index (Phi) is 5.17. The maximum atomic E-state index is 13.5. The monoisotopic (exact) mass is 400 g/mol. The number of hydrogen-bond donors (Lipinski definition) is 1. The summed E-state index contributed by atoms with van der Waals surface area (Å²) >= 11 is 0. The molecule has 30 heavy (non-hydrogen) atoms. The van der Waals surface area contributed by atoms with Gasteiger partial charge in [0.05, 0.1) is 6.04 Å². The van der Waals surface area contributed by atoms with Crippen LogP contribution in [0.1, 0.15) is 33.9 Å². The Labute approximate surface area is 176 Å². The van der Waals surface area contributed by atoms with Gasteiger partial charge in [0.15, 0.2) is 0 Å². The molecule has 0 saturated heterocycles. The molecule has 3 aromatic rings. The van der Waals surface area contributed by atoms with Crippen LogP contribution in [0.2, 0.25) is 0 Å². The lowest BCUT2D eigenvalue weighted by molar-refractivity contribution is -0.114. The second-order valence-electron chi connectivity index (χ2n) is 8.10. The van der Waals surface area contributed by atoms with Crippen molar-refractivity contribution in [2.45, 2.75) is 33.7 Å². The van der Waals surface area contributed by atoms with Crippen molar-refractivity contribution in [3.8, 4) is 0 Å². The number of aryl methyl sites for hydroxylation is 4. The first-order valence-corrected chi connectivity index (χ1v) is 10.0. The summed E-state index contributed by atoms with van der Waals surface area (Å²) in [6, 6.07) is 18.3. The van der Waals surface area contributed by atoms with Crippen molar-refractivity contribution in [2.24, 2.45) is 0 Å². The number of nitrogens with zero attached hydrogens (tertiary/aromatic N) is 1. The third kappa shape index (κ3) is 3.99. The van der Waals surface area contributed by atoms with E-state index in [4.69, 9.17) is 0 Å². The molecule has 0 bridgehead atoms. The first-order valence-electron chi connectivity index (χ1n) is 10.0. The van der Waals surface area contributed by atoms with E-state index in [0.717, 1.165) is 39.2 Å². The number of halogens is 1. The first-order chi connectivity index (χ1) is 14.3. The van der Waals surface area contributed by atoms with Crippen LogP contribution in [0.5, 0.6) is 0 Å². The van der Waals surface area contributed by atoms with Gasteiger partial charge in [-0.25, -0.2) is 4.39 Å². The maximum absolute atomic E-state index is 13.5. The SMILES string of the molecule is Cc1cc(C)cc(NC2=C[C@H](c3ccc(F)cc3)N(c3cc(C)cc(C)c3)C2=O)c1. The summed E-state index contributed by atoms with van der Waals surface area (Å²) in [6.07, 6.45) is 1.92. The third-order valence-corrected chi connectivity index (χ3v) is 5.25. The van der Waals surface area contributed by atoms with Crippen LogP contribution in [0.4, 0.5) is 15.8 Å². The van der Waals surface area contributed by atoms with E-state index in [2.05, 4.69) is 17.4 Å². The van der Waals surface area contributed by atoms with E-state index in [-0.39, 0.29) is 17.8 Å². The quantitative estimate of drug-likeness (QED) is 0.570. The molecule has 1 atom stereocenters. The van der Waals surface area contributed by atoms with Gasteiger partial charge in [0.1, 0.15) is 11.5 Å². The van der Waals surface area contributed by atoms with E-state index in [1.54, 1.807) is 17.0 Å². The fraction of sp³-hybridized carbons (Fsp3) is 0.192. The van der Waals surface area contributed by atoms with Crippen LogP contribution in [0.3, 0.4) is 0 Å². The predicted molar refractivity (Wildman–Crippen MR) is 120 cm³/mol. The molecule has 0 spiro atoms. The number of carbonyl (C=O) groups excluding carboxylic acids is 1. The fourth-order valence-electron chi connectivity index (χ4n) is 4.13. The molecule has 1 amide bonds. The van der Waals surface area contributed by atoms with Gasteiger partial charge in [-0.3, -0.25) is 9.69 Å². The first kappa shape index (κ1) is 19.9. The lowest BCUT2D eigenvalue weighted by atomic mass is 10.0. The summed E-state index contributed by atoms with van der Waals surface area (Å²) in [5, 5.41) is 3.31. The number of carbonyl (C=O) groups is 1. The molecule has 3 nitrogen and oxygen atoms in total. The Hall–Kier alpha value is -3.40. The smallest absolute Gasteiger partial charge is 0.275 e. The molecule has 0 saturated carbocycles. The van der Waals surface area contributed by atoms with Crippen molar-refractivity contribution in [3.05, 3.63) is 106 Å². The number of nitrogens with one attached hydrogen (secondary N) is 1. The van der Waals surface area contributed by atoms with Crippen molar-refractivity contribution in [1.82, 2.24) is 0 Å². The molecule has 0 aromatic heterocycles. The van der Waals surface area contributed by atoms with Gasteiger partial charge < -0.3 is 5.32 Å². The number of hydrogen-bond acceptors (Lipinski definition) is 2. The molecule has 0 aliphatic carbocycles. The van der Waals surface area contributed by atoms with Gasteiger partial charge in [-0.05, 0) is 98.0 Å². The zero-order valence-electron chi connectivity index (χ0n) is 17.7. The average Bonchev–Trinajstić information content (AvgIpc) is 2.97. The summed E-state index contributed by atoms with van der Waals surface area (Å²) in [5.74, 6) is -0.396. The lowest BCUT2D eigenvalue weighted by Gasteiger charge is -2.26. The molecule has 1 aliphatic rings. The van der Waals surface area contributed by atoms with Crippen LogP contribution in [-0.4, -0.2) is 5.91 Å². The number of anilines is 2. The fourth-order valence-corrected chi connectivity index (χ4v) is 4.13. The zero-order chi connectivity index (χ0) is 21.4. The normalized spacial score (nSPS) is 16.0. The molecule has 0 radical (unpaired) electrons. The maximum Gasteiger partial charge on any atom is 0.275 e. The largest absolute Gasteiger partial charge is 0.351 e. The van der Waals surface area contributed by atoms with E-state index in [0.29, 0.717) is 5.70 Å². The summed E-state index contributed by atoms with van der Waals surface area (Å²) in [5.41, 5.74) is 7.54. The molecule has 1 N–H and O–H groups in total. The lowest BCUT2D eigenvalue weighted by Crippen LogP contribution is -2.31. The summed E-state index contributed by atoms with van der Waals surface area (Å²) < 4.78 is 13.5. The Bertz CT molecular complexity index is 1110. The van der Waals surface area contributed by atoms with Crippen molar-refractivity contribution in [2.75, 3.05) is 10.2 Å². The highest BCUT2D eigenvalue weighted by Crippen LogP contribution is 2.37. The van der Waals surface area contributed by atoms with Crippen LogP contribution in [0.15, 0.2) is 72.4 Å². The van der Waals surface area contributed by atoms with Crippen molar-refractivity contribution < 1.29 is 9.18 Å². The minimum Gasteiger partial charge on any atom is -0.351 e. The van der Waals surface area contributed by atoms with Crippen molar-refractivity contribution in [1.29, 1.82) is 0 Å². The van der Waals surface area contributed by atoms with E-state index in [9.17, 15) is 9.18 Å². The van der Waals surface area contributed by atoms with E-state index >= 15 is 0 Å². The standard InChI is InChI=1S/C26H25FN2O/c1-16-9-17(2)12-22(11-16)28-24-15-25(20-5-7-21(27)8-6-20)29(26(24)30)23-13-18(3)10-19(4)14-23/h5-15,25,28H,1-4H3/t25-/m1/s1. The van der Waals surface area contributed by atoms with E-state index in [1.807, 2.05) is 58.0 Å². The highest BCUT2D eigenvalue weighted by molar-refractivity contribution is 6.11. The number of benzene rings is 3. The van der Waals surface area contributed by atoms with Gasteiger partial charge in [-0.2, -0.15) is 0 Å². The summed E-state index contributed by atoms with van der Waals surface area (Å²) in [6.45, 7) is 8.11. The number of amides is 1. The van der Waals surface area contributed by atoms with Crippen LogP contribution in [0, 0.1) is 33.5 Å². The molecule has 152 valence electrons. The molecule has 4 rings (SSSR count). The summed E-state index contributed by atoms with van der Waals surface area (Å²) in [7, 11) is 0. The zero-order valence-corrected chi connectivity index (χ0v) is 17.7. The van der Waals surface area contributed by atoms with Crippen molar-refractivity contribution in [3.63, 3.8) is 0 Å².